The molecule has 2 aromatic rings. The second-order valence-electron chi connectivity index (χ2n) is 4.40. The minimum Gasteiger partial charge on any atom is -0.364 e. The average molecular weight is 246 g/mol. The second kappa shape index (κ2) is 5.56. The van der Waals surface area contributed by atoms with Gasteiger partial charge in [-0.05, 0) is 23.8 Å². The fourth-order valence-electron chi connectivity index (χ4n) is 2.12. The normalized spacial score (nSPS) is 17.5. The molecular weight excluding hydrogens is 232 g/mol. The molecule has 0 aromatic heterocycles. The number of hydrogen-bond acceptors (Lipinski definition) is 1. The lowest BCUT2D eigenvalue weighted by Crippen LogP contribution is -1.99. The molecule has 0 saturated heterocycles. The number of ether oxygens (including phenoxy) is 1. The molecule has 1 heterocycles. The maximum Gasteiger partial charge on any atom is 0.115 e. The predicted octanol–water partition coefficient (Wildman–Crippen LogP) is 3.74. The fourth-order valence-corrected chi connectivity index (χ4v) is 2.12. The van der Waals surface area contributed by atoms with E-state index in [2.05, 4.69) is 30.0 Å². The highest BCUT2D eigenvalue weighted by Gasteiger charge is 2.19. The molecule has 1 aliphatic rings. The summed E-state index contributed by atoms with van der Waals surface area (Å²) in [6.45, 7) is 0.637. The second-order valence-corrected chi connectivity index (χ2v) is 4.40. The molecule has 0 radical (unpaired) electrons. The molecule has 1 heteroatoms. The summed E-state index contributed by atoms with van der Waals surface area (Å²) < 4.78 is 5.74. The Balaban J connectivity index is 1.84. The van der Waals surface area contributed by atoms with Crippen molar-refractivity contribution in [2.75, 3.05) is 6.61 Å². The smallest absolute Gasteiger partial charge is 0.115 e. The van der Waals surface area contributed by atoms with Gasteiger partial charge in [0.05, 0.1) is 6.61 Å². The highest BCUT2D eigenvalue weighted by atomic mass is 16.5. The van der Waals surface area contributed by atoms with Gasteiger partial charge in [-0.2, -0.15) is 0 Å². The van der Waals surface area contributed by atoms with Gasteiger partial charge in [0, 0.05) is 11.1 Å². The highest BCUT2D eigenvalue weighted by molar-refractivity contribution is 5.45. The Morgan fingerprint density at radius 3 is 2.26 bits per heavy atom. The van der Waals surface area contributed by atoms with Crippen LogP contribution in [0.25, 0.3) is 0 Å². The zero-order valence-corrected chi connectivity index (χ0v) is 10.5. The fraction of sp³-hybridized carbons (Fsp3) is 0.111. The number of hydrogen-bond donors (Lipinski definition) is 0. The Labute approximate surface area is 113 Å². The van der Waals surface area contributed by atoms with Gasteiger partial charge in [0.2, 0.25) is 0 Å². The first kappa shape index (κ1) is 11.8. The molecule has 0 spiro atoms. The summed E-state index contributed by atoms with van der Waals surface area (Å²) in [7, 11) is 0. The summed E-state index contributed by atoms with van der Waals surface area (Å²) in [6.07, 6.45) is 2.05. The summed E-state index contributed by atoms with van der Waals surface area (Å²) in [4.78, 5) is 0. The third-order valence-electron chi connectivity index (χ3n) is 3.08. The van der Waals surface area contributed by atoms with Crippen molar-refractivity contribution in [3.05, 3.63) is 83.4 Å². The minimum absolute atomic E-state index is 0.0163. The van der Waals surface area contributed by atoms with Crippen molar-refractivity contribution in [2.24, 2.45) is 0 Å². The Hall–Kier alpha value is -2.30. The molecule has 1 aliphatic heterocycles. The lowest BCUT2D eigenvalue weighted by atomic mass is 10.0. The van der Waals surface area contributed by atoms with E-state index in [9.17, 15) is 0 Å². The van der Waals surface area contributed by atoms with E-state index < -0.39 is 0 Å². The van der Waals surface area contributed by atoms with Crippen LogP contribution in [0, 0.1) is 11.8 Å². The summed E-state index contributed by atoms with van der Waals surface area (Å²) in [6, 6.07) is 20.2. The lowest BCUT2D eigenvalue weighted by molar-refractivity contribution is 0.125. The summed E-state index contributed by atoms with van der Waals surface area (Å²) >= 11 is 0. The SMILES string of the molecule is C(#Cc1ccccc1)C1=CCOC1c1ccccc1. The third kappa shape index (κ3) is 2.76. The highest BCUT2D eigenvalue weighted by Crippen LogP contribution is 2.29. The Kier molecular flexibility index (Phi) is 3.45. The van der Waals surface area contributed by atoms with Crippen molar-refractivity contribution in [1.29, 1.82) is 0 Å². The van der Waals surface area contributed by atoms with Crippen LogP contribution in [-0.2, 0) is 4.74 Å². The Bertz CT molecular complexity index is 630. The molecule has 92 valence electrons. The van der Waals surface area contributed by atoms with E-state index in [1.165, 1.54) is 0 Å². The molecule has 0 aliphatic carbocycles. The number of rotatable bonds is 1. The van der Waals surface area contributed by atoms with Gasteiger partial charge in [-0.15, -0.1) is 0 Å². The van der Waals surface area contributed by atoms with Gasteiger partial charge < -0.3 is 4.74 Å². The van der Waals surface area contributed by atoms with E-state index in [-0.39, 0.29) is 6.10 Å². The van der Waals surface area contributed by atoms with Crippen molar-refractivity contribution < 1.29 is 4.74 Å². The van der Waals surface area contributed by atoms with Crippen molar-refractivity contribution >= 4 is 0 Å². The average Bonchev–Trinajstić information content (AvgIpc) is 2.95. The van der Waals surface area contributed by atoms with E-state index in [4.69, 9.17) is 4.74 Å². The lowest BCUT2D eigenvalue weighted by Gasteiger charge is -2.11. The topological polar surface area (TPSA) is 9.23 Å². The van der Waals surface area contributed by atoms with Crippen LogP contribution in [0.3, 0.4) is 0 Å². The zero-order valence-electron chi connectivity index (χ0n) is 10.5. The molecule has 0 bridgehead atoms. The van der Waals surface area contributed by atoms with Crippen LogP contribution in [-0.4, -0.2) is 6.61 Å². The first-order valence-electron chi connectivity index (χ1n) is 6.37. The van der Waals surface area contributed by atoms with Gasteiger partial charge in [0.25, 0.3) is 0 Å². The Morgan fingerprint density at radius 2 is 1.53 bits per heavy atom. The maximum atomic E-state index is 5.74. The van der Waals surface area contributed by atoms with Crippen LogP contribution in [0.4, 0.5) is 0 Å². The summed E-state index contributed by atoms with van der Waals surface area (Å²) in [5.41, 5.74) is 3.24. The monoisotopic (exact) mass is 246 g/mol. The molecule has 0 saturated carbocycles. The maximum absolute atomic E-state index is 5.74. The molecule has 19 heavy (non-hydrogen) atoms. The largest absolute Gasteiger partial charge is 0.364 e. The molecule has 0 amide bonds. The van der Waals surface area contributed by atoms with E-state index in [1.54, 1.807) is 0 Å². The third-order valence-corrected chi connectivity index (χ3v) is 3.08. The van der Waals surface area contributed by atoms with Crippen molar-refractivity contribution in [2.45, 2.75) is 6.10 Å². The van der Waals surface area contributed by atoms with Gasteiger partial charge in [-0.3, -0.25) is 0 Å². The molecule has 0 N–H and O–H groups in total. The van der Waals surface area contributed by atoms with Gasteiger partial charge in [0.15, 0.2) is 0 Å². The zero-order chi connectivity index (χ0) is 12.9. The van der Waals surface area contributed by atoms with Crippen molar-refractivity contribution in [3.8, 4) is 11.8 Å². The number of benzene rings is 2. The van der Waals surface area contributed by atoms with E-state index in [0.29, 0.717) is 6.61 Å². The van der Waals surface area contributed by atoms with Crippen LogP contribution in [0.5, 0.6) is 0 Å². The molecule has 0 fully saturated rings. The van der Waals surface area contributed by atoms with Gasteiger partial charge in [-0.1, -0.05) is 60.4 Å². The van der Waals surface area contributed by atoms with E-state index in [0.717, 1.165) is 16.7 Å². The molecule has 3 rings (SSSR count). The van der Waals surface area contributed by atoms with Crippen LogP contribution in [0.1, 0.15) is 17.2 Å². The van der Waals surface area contributed by atoms with Crippen LogP contribution < -0.4 is 0 Å². The Morgan fingerprint density at radius 1 is 0.842 bits per heavy atom. The van der Waals surface area contributed by atoms with Crippen molar-refractivity contribution in [1.82, 2.24) is 0 Å². The first-order valence-corrected chi connectivity index (χ1v) is 6.37. The summed E-state index contributed by atoms with van der Waals surface area (Å²) in [5.74, 6) is 6.42. The van der Waals surface area contributed by atoms with Gasteiger partial charge >= 0.3 is 0 Å². The standard InChI is InChI=1S/C18H14O/c1-3-7-15(8-4-1)11-12-17-13-14-19-18(17)16-9-5-2-6-10-16/h1-10,13,18H,14H2. The quantitative estimate of drug-likeness (QED) is 0.696. The summed E-state index contributed by atoms with van der Waals surface area (Å²) in [5, 5.41) is 0. The minimum atomic E-state index is -0.0163. The van der Waals surface area contributed by atoms with E-state index >= 15 is 0 Å². The van der Waals surface area contributed by atoms with Crippen LogP contribution in [0.2, 0.25) is 0 Å². The molecule has 1 unspecified atom stereocenters. The van der Waals surface area contributed by atoms with Gasteiger partial charge in [-0.25, -0.2) is 0 Å². The first-order chi connectivity index (χ1) is 9.43. The van der Waals surface area contributed by atoms with Crippen LogP contribution in [0.15, 0.2) is 72.3 Å². The van der Waals surface area contributed by atoms with Crippen molar-refractivity contribution in [3.63, 3.8) is 0 Å². The van der Waals surface area contributed by atoms with Crippen LogP contribution >= 0.6 is 0 Å². The predicted molar refractivity (Wildman–Crippen MR) is 76.5 cm³/mol. The molecule has 1 atom stereocenters. The van der Waals surface area contributed by atoms with Gasteiger partial charge in [0.1, 0.15) is 6.10 Å². The molecule has 1 nitrogen and oxygen atoms in total. The molecular formula is C18H14O. The molecule has 2 aromatic carbocycles. The van der Waals surface area contributed by atoms with E-state index in [1.807, 2.05) is 48.5 Å².